The van der Waals surface area contributed by atoms with Gasteiger partial charge in [0.2, 0.25) is 5.91 Å². The molecule has 2 N–H and O–H groups in total. The molecule has 0 spiro atoms. The minimum atomic E-state index is -0.844. The van der Waals surface area contributed by atoms with Gasteiger partial charge in [0, 0.05) is 18.5 Å². The minimum absolute atomic E-state index is 0.106. The second-order valence-corrected chi connectivity index (χ2v) is 3.86. The van der Waals surface area contributed by atoms with Crippen LogP contribution in [0.3, 0.4) is 0 Å². The minimum Gasteiger partial charge on any atom is -0.481 e. The number of rotatable bonds is 8. The lowest BCUT2D eigenvalue weighted by molar-refractivity contribution is -0.137. The molecule has 0 saturated carbocycles. The SMILES string of the molecule is [2H]c1c([2H])c([2H])c(NC(=O)CCCCCCC(=O)O)c([2H])c1[2H]. The Kier molecular flexibility index (Phi) is 3.82. The first kappa shape index (κ1) is 8.29. The van der Waals surface area contributed by atoms with Crippen molar-refractivity contribution in [3.8, 4) is 0 Å². The monoisotopic (exact) mass is 254 g/mol. The Labute approximate surface area is 114 Å². The van der Waals surface area contributed by atoms with Crippen molar-refractivity contribution < 1.29 is 21.5 Å². The number of anilines is 1. The number of para-hydroxylation sites is 1. The molecule has 0 aliphatic heterocycles. The van der Waals surface area contributed by atoms with Crippen molar-refractivity contribution >= 4 is 17.6 Å². The second kappa shape index (κ2) is 8.28. The molecule has 4 nitrogen and oxygen atoms in total. The van der Waals surface area contributed by atoms with Crippen molar-refractivity contribution in [3.05, 3.63) is 30.2 Å². The lowest BCUT2D eigenvalue weighted by atomic mass is 10.1. The van der Waals surface area contributed by atoms with Crippen LogP contribution in [-0.2, 0) is 9.59 Å². The van der Waals surface area contributed by atoms with Gasteiger partial charge >= 0.3 is 5.97 Å². The van der Waals surface area contributed by atoms with Gasteiger partial charge in [-0.2, -0.15) is 0 Å². The average Bonchev–Trinajstić information content (AvgIpc) is 2.50. The van der Waals surface area contributed by atoms with Crippen molar-refractivity contribution in [2.45, 2.75) is 38.5 Å². The van der Waals surface area contributed by atoms with Gasteiger partial charge in [-0.3, -0.25) is 9.59 Å². The van der Waals surface area contributed by atoms with E-state index in [2.05, 4.69) is 5.32 Å². The van der Waals surface area contributed by atoms with Gasteiger partial charge in [-0.25, -0.2) is 0 Å². The highest BCUT2D eigenvalue weighted by molar-refractivity contribution is 5.90. The van der Waals surface area contributed by atoms with E-state index in [9.17, 15) is 9.59 Å². The maximum Gasteiger partial charge on any atom is 0.303 e. The number of carboxylic acids is 1. The Morgan fingerprint density at radius 1 is 1.06 bits per heavy atom. The summed E-state index contributed by atoms with van der Waals surface area (Å²) in [4.78, 5) is 22.2. The fraction of sp³-hybridized carbons (Fsp3) is 0.429. The number of aliphatic carboxylic acids is 1. The summed E-state index contributed by atoms with van der Waals surface area (Å²) in [5, 5.41) is 10.9. The highest BCUT2D eigenvalue weighted by atomic mass is 16.4. The predicted octanol–water partition coefficient (Wildman–Crippen LogP) is 3.05. The number of carboxylic acid groups (broad SMARTS) is 1. The Hall–Kier alpha value is -1.84. The Balaban J connectivity index is 2.54. The van der Waals surface area contributed by atoms with Gasteiger partial charge in [-0.05, 0) is 24.9 Å². The summed E-state index contributed by atoms with van der Waals surface area (Å²) in [7, 11) is 0. The fourth-order valence-electron chi connectivity index (χ4n) is 1.43. The number of carbonyl (C=O) groups is 2. The number of hydrogen-bond donors (Lipinski definition) is 2. The summed E-state index contributed by atoms with van der Waals surface area (Å²) in [5.74, 6) is -1.27. The molecule has 98 valence electrons. The van der Waals surface area contributed by atoms with Crippen LogP contribution in [0.1, 0.15) is 45.4 Å². The van der Waals surface area contributed by atoms with Gasteiger partial charge in [0.25, 0.3) is 0 Å². The molecule has 18 heavy (non-hydrogen) atoms. The lowest BCUT2D eigenvalue weighted by Crippen LogP contribution is -2.10. The molecule has 0 saturated heterocycles. The van der Waals surface area contributed by atoms with Gasteiger partial charge in [0.1, 0.15) is 0 Å². The second-order valence-electron chi connectivity index (χ2n) is 3.86. The Morgan fingerprint density at radius 3 is 2.28 bits per heavy atom. The molecule has 0 fully saturated rings. The maximum absolute atomic E-state index is 11.8. The van der Waals surface area contributed by atoms with E-state index in [0.717, 1.165) is 0 Å². The smallest absolute Gasteiger partial charge is 0.303 e. The first-order chi connectivity index (χ1) is 10.8. The number of carbonyl (C=O) groups excluding carboxylic acids is 1. The Bertz CT molecular complexity index is 578. The summed E-state index contributed by atoms with van der Waals surface area (Å²) >= 11 is 0. The topological polar surface area (TPSA) is 66.4 Å². The van der Waals surface area contributed by atoms with E-state index in [-0.39, 0.29) is 18.5 Å². The van der Waals surface area contributed by atoms with Crippen molar-refractivity contribution in [2.75, 3.05) is 5.32 Å². The molecule has 0 atom stereocenters. The van der Waals surface area contributed by atoms with E-state index in [4.69, 9.17) is 12.0 Å². The molecule has 1 aromatic carbocycles. The largest absolute Gasteiger partial charge is 0.481 e. The first-order valence-electron chi connectivity index (χ1n) is 8.34. The molecular weight excluding hydrogens is 230 g/mol. The van der Waals surface area contributed by atoms with Gasteiger partial charge in [0.05, 0.1) is 6.85 Å². The van der Waals surface area contributed by atoms with Crippen LogP contribution in [0.5, 0.6) is 0 Å². The van der Waals surface area contributed by atoms with Crippen LogP contribution in [-0.4, -0.2) is 17.0 Å². The quantitative estimate of drug-likeness (QED) is 0.701. The van der Waals surface area contributed by atoms with Gasteiger partial charge in [-0.15, -0.1) is 0 Å². The van der Waals surface area contributed by atoms with E-state index in [1.807, 2.05) is 0 Å². The molecule has 1 rings (SSSR count). The molecule has 0 bridgehead atoms. The van der Waals surface area contributed by atoms with Crippen LogP contribution in [0.15, 0.2) is 30.2 Å². The molecule has 0 radical (unpaired) electrons. The molecule has 4 heteroatoms. The van der Waals surface area contributed by atoms with Crippen LogP contribution in [0.4, 0.5) is 5.69 Å². The zero-order valence-corrected chi connectivity index (χ0v) is 10.0. The maximum atomic E-state index is 11.8. The fourth-order valence-corrected chi connectivity index (χ4v) is 1.43. The van der Waals surface area contributed by atoms with Crippen LogP contribution >= 0.6 is 0 Å². The Morgan fingerprint density at radius 2 is 1.67 bits per heavy atom. The third kappa shape index (κ3) is 6.68. The van der Waals surface area contributed by atoms with E-state index >= 15 is 0 Å². The van der Waals surface area contributed by atoms with E-state index < -0.39 is 42.1 Å². The summed E-state index contributed by atoms with van der Waals surface area (Å²) < 4.78 is 37.9. The number of nitrogens with one attached hydrogen (secondary N) is 1. The molecule has 0 unspecified atom stereocenters. The highest BCUT2D eigenvalue weighted by Gasteiger charge is 2.02. The van der Waals surface area contributed by atoms with Crippen LogP contribution in [0.25, 0.3) is 0 Å². The predicted molar refractivity (Wildman–Crippen MR) is 70.4 cm³/mol. The van der Waals surface area contributed by atoms with Crippen LogP contribution in [0, 0.1) is 0 Å². The third-order valence-corrected chi connectivity index (χ3v) is 2.31. The van der Waals surface area contributed by atoms with Gasteiger partial charge < -0.3 is 10.4 Å². The lowest BCUT2D eigenvalue weighted by Gasteiger charge is -2.04. The van der Waals surface area contributed by atoms with Crippen molar-refractivity contribution in [2.24, 2.45) is 0 Å². The molecule has 1 amide bonds. The van der Waals surface area contributed by atoms with Gasteiger partial charge in [0.15, 0.2) is 0 Å². The zero-order chi connectivity index (χ0) is 17.6. The first-order valence-corrected chi connectivity index (χ1v) is 5.84. The van der Waals surface area contributed by atoms with Gasteiger partial charge in [-0.1, -0.05) is 31.0 Å². The van der Waals surface area contributed by atoms with Crippen molar-refractivity contribution in [3.63, 3.8) is 0 Å². The van der Waals surface area contributed by atoms with E-state index in [0.29, 0.717) is 25.7 Å². The molecule has 0 aliphatic carbocycles. The van der Waals surface area contributed by atoms with Crippen LogP contribution in [0.2, 0.25) is 0 Å². The summed E-state index contributed by atoms with van der Waals surface area (Å²) in [6.07, 6.45) is 2.75. The molecule has 0 heterocycles. The molecule has 0 aromatic heterocycles. The standard InChI is InChI=1S/C14H19NO3/c16-13(15-12-8-4-3-5-9-12)10-6-1-2-7-11-14(17)18/h3-5,8-9H,1-2,6-7,10-11H2,(H,15,16)(H,17,18)/i3D,4D,5D,8D,9D. The number of unbranched alkanes of at least 4 members (excludes halogenated alkanes) is 3. The molecule has 1 aromatic rings. The summed E-state index contributed by atoms with van der Waals surface area (Å²) in [5.41, 5.74) is -0.216. The van der Waals surface area contributed by atoms with Crippen molar-refractivity contribution in [1.29, 1.82) is 0 Å². The highest BCUT2D eigenvalue weighted by Crippen LogP contribution is 2.09. The number of hydrogen-bond acceptors (Lipinski definition) is 2. The average molecular weight is 254 g/mol. The molecular formula is C14H19NO3. The zero-order valence-electron chi connectivity index (χ0n) is 15.0. The number of amides is 1. The summed E-state index contributed by atoms with van der Waals surface area (Å²) in [6.45, 7) is 0. The third-order valence-electron chi connectivity index (χ3n) is 2.31. The number of benzene rings is 1. The van der Waals surface area contributed by atoms with Crippen LogP contribution < -0.4 is 5.32 Å². The summed E-state index contributed by atoms with van der Waals surface area (Å²) in [6, 6.07) is -2.36. The van der Waals surface area contributed by atoms with Crippen molar-refractivity contribution in [1.82, 2.24) is 0 Å². The van der Waals surface area contributed by atoms with E-state index in [1.54, 1.807) is 0 Å². The normalized spacial score (nSPS) is 13.9. The van der Waals surface area contributed by atoms with E-state index in [1.165, 1.54) is 0 Å². The molecule has 0 aliphatic rings.